The van der Waals surface area contributed by atoms with Gasteiger partial charge in [-0.15, -0.1) is 35.1 Å². The van der Waals surface area contributed by atoms with Gasteiger partial charge < -0.3 is 5.21 Å². The van der Waals surface area contributed by atoms with E-state index in [2.05, 4.69) is 0 Å². The average molecular weight is 262 g/mol. The van der Waals surface area contributed by atoms with E-state index in [1.807, 2.05) is 35.0 Å². The Hall–Kier alpha value is -0.390. The van der Waals surface area contributed by atoms with E-state index < -0.39 is 0 Å². The Morgan fingerprint density at radius 1 is 1.00 bits per heavy atom. The largest absolute Gasteiger partial charge is 0.313 e. The molecule has 0 aliphatic rings. The van der Waals surface area contributed by atoms with Crippen LogP contribution in [0.5, 0.6) is 0 Å². The van der Waals surface area contributed by atoms with Crippen molar-refractivity contribution >= 4 is 35.1 Å². The van der Waals surface area contributed by atoms with Gasteiger partial charge in [-0.2, -0.15) is 5.06 Å². The summed E-state index contributed by atoms with van der Waals surface area (Å²) in [5.41, 5.74) is 0. The minimum atomic E-state index is 0. The lowest BCUT2D eigenvalue weighted by molar-refractivity contribution is -0.106. The average Bonchev–Trinajstić information content (AvgIpc) is 2.76. The van der Waals surface area contributed by atoms with Crippen LogP contribution in [0, 0.1) is 0 Å². The number of halogens is 1. The van der Waals surface area contributed by atoms with Crippen molar-refractivity contribution in [3.8, 4) is 0 Å². The maximum Gasteiger partial charge on any atom is 0.0586 e. The van der Waals surface area contributed by atoms with Crippen LogP contribution >= 0.6 is 35.1 Å². The lowest BCUT2D eigenvalue weighted by Gasteiger charge is -2.11. The number of rotatable bonds is 4. The van der Waals surface area contributed by atoms with Crippen molar-refractivity contribution in [2.24, 2.45) is 0 Å². The van der Waals surface area contributed by atoms with Crippen LogP contribution < -0.4 is 0 Å². The molecule has 2 aromatic rings. The first-order chi connectivity index (χ1) is 6.84. The molecule has 0 fully saturated rings. The normalized spacial score (nSPS) is 10.3. The molecule has 0 aliphatic carbocycles. The fourth-order valence-corrected chi connectivity index (χ4v) is 2.65. The van der Waals surface area contributed by atoms with Crippen LogP contribution in [0.25, 0.3) is 0 Å². The molecular formula is C10H12ClNOS2. The molecule has 0 aromatic carbocycles. The van der Waals surface area contributed by atoms with Crippen LogP contribution in [-0.4, -0.2) is 10.3 Å². The van der Waals surface area contributed by atoms with Crippen LogP contribution in [0.1, 0.15) is 9.75 Å². The zero-order valence-corrected chi connectivity index (χ0v) is 10.4. The maximum absolute atomic E-state index is 9.64. The lowest BCUT2D eigenvalue weighted by atomic mass is 10.4. The van der Waals surface area contributed by atoms with Gasteiger partial charge in [-0.25, -0.2) is 0 Å². The molecule has 0 spiro atoms. The SMILES string of the molecule is Cl.ON(Cc1cccs1)Cc1cccs1. The first kappa shape index (κ1) is 12.7. The van der Waals surface area contributed by atoms with Crippen molar-refractivity contribution in [2.75, 3.05) is 0 Å². The molecule has 0 aliphatic heterocycles. The van der Waals surface area contributed by atoms with Gasteiger partial charge in [-0.3, -0.25) is 0 Å². The third kappa shape index (κ3) is 3.93. The Morgan fingerprint density at radius 3 is 1.80 bits per heavy atom. The molecule has 82 valence electrons. The summed E-state index contributed by atoms with van der Waals surface area (Å²) in [6.45, 7) is 1.21. The number of hydrogen-bond donors (Lipinski definition) is 1. The van der Waals surface area contributed by atoms with Gasteiger partial charge in [0, 0.05) is 9.75 Å². The molecule has 0 amide bonds. The fourth-order valence-electron chi connectivity index (χ4n) is 1.22. The van der Waals surface area contributed by atoms with Gasteiger partial charge in [0.2, 0.25) is 0 Å². The molecule has 2 rings (SSSR count). The van der Waals surface area contributed by atoms with Gasteiger partial charge in [-0.1, -0.05) is 12.1 Å². The monoisotopic (exact) mass is 261 g/mol. The van der Waals surface area contributed by atoms with Crippen molar-refractivity contribution in [3.05, 3.63) is 44.8 Å². The molecule has 0 unspecified atom stereocenters. The number of hydroxylamine groups is 2. The highest BCUT2D eigenvalue weighted by Crippen LogP contribution is 2.15. The molecule has 0 bridgehead atoms. The first-order valence-corrected chi connectivity index (χ1v) is 6.09. The summed E-state index contributed by atoms with van der Waals surface area (Å²) in [6, 6.07) is 8.06. The molecule has 0 atom stereocenters. The van der Waals surface area contributed by atoms with Gasteiger partial charge in [-0.05, 0) is 22.9 Å². The van der Waals surface area contributed by atoms with Crippen LogP contribution in [-0.2, 0) is 13.1 Å². The second kappa shape index (κ2) is 6.25. The van der Waals surface area contributed by atoms with E-state index in [1.165, 1.54) is 14.8 Å². The van der Waals surface area contributed by atoms with E-state index >= 15 is 0 Å². The molecular weight excluding hydrogens is 250 g/mol. The highest BCUT2D eigenvalue weighted by Gasteiger charge is 2.04. The van der Waals surface area contributed by atoms with Crippen LogP contribution in [0.4, 0.5) is 0 Å². The van der Waals surface area contributed by atoms with Crippen LogP contribution in [0.15, 0.2) is 35.0 Å². The number of nitrogens with zero attached hydrogens (tertiary/aromatic N) is 1. The summed E-state index contributed by atoms with van der Waals surface area (Å²) in [4.78, 5) is 2.37. The Kier molecular flexibility index (Phi) is 5.28. The second-order valence-electron chi connectivity index (χ2n) is 2.98. The summed E-state index contributed by atoms with van der Waals surface area (Å²) in [5, 5.41) is 15.0. The van der Waals surface area contributed by atoms with Gasteiger partial charge in [0.15, 0.2) is 0 Å². The minimum Gasteiger partial charge on any atom is -0.313 e. The summed E-state index contributed by atoms with van der Waals surface area (Å²) in [6.07, 6.45) is 0. The van der Waals surface area contributed by atoms with Crippen LogP contribution in [0.3, 0.4) is 0 Å². The van der Waals surface area contributed by atoms with Crippen molar-refractivity contribution in [1.29, 1.82) is 0 Å². The zero-order chi connectivity index (χ0) is 9.80. The third-order valence-corrected chi connectivity index (χ3v) is 3.56. The van der Waals surface area contributed by atoms with E-state index in [4.69, 9.17) is 0 Å². The van der Waals surface area contributed by atoms with Crippen molar-refractivity contribution in [1.82, 2.24) is 5.06 Å². The Labute approximate surface area is 103 Å². The third-order valence-electron chi connectivity index (χ3n) is 1.84. The Morgan fingerprint density at radius 2 is 1.47 bits per heavy atom. The van der Waals surface area contributed by atoms with E-state index in [9.17, 15) is 5.21 Å². The Balaban J connectivity index is 0.00000112. The molecule has 0 saturated carbocycles. The maximum atomic E-state index is 9.64. The van der Waals surface area contributed by atoms with Gasteiger partial charge in [0.05, 0.1) is 13.1 Å². The topological polar surface area (TPSA) is 23.5 Å². The summed E-state index contributed by atoms with van der Waals surface area (Å²) in [7, 11) is 0. The van der Waals surface area contributed by atoms with E-state index in [0.717, 1.165) is 0 Å². The smallest absolute Gasteiger partial charge is 0.0586 e. The van der Waals surface area contributed by atoms with Gasteiger partial charge in [0.1, 0.15) is 0 Å². The molecule has 2 nitrogen and oxygen atoms in total. The highest BCUT2D eigenvalue weighted by atomic mass is 35.5. The van der Waals surface area contributed by atoms with Crippen molar-refractivity contribution < 1.29 is 5.21 Å². The van der Waals surface area contributed by atoms with E-state index in [-0.39, 0.29) is 12.4 Å². The Bertz CT molecular complexity index is 324. The van der Waals surface area contributed by atoms with Crippen LogP contribution in [0.2, 0.25) is 0 Å². The number of thiophene rings is 2. The molecule has 2 aromatic heterocycles. The minimum absolute atomic E-state index is 0. The first-order valence-electron chi connectivity index (χ1n) is 4.33. The lowest BCUT2D eigenvalue weighted by Crippen LogP contribution is -2.16. The molecule has 1 N–H and O–H groups in total. The van der Waals surface area contributed by atoms with E-state index in [0.29, 0.717) is 13.1 Å². The molecule has 0 radical (unpaired) electrons. The van der Waals surface area contributed by atoms with Crippen molar-refractivity contribution in [2.45, 2.75) is 13.1 Å². The number of hydrogen-bond acceptors (Lipinski definition) is 4. The predicted octanol–water partition coefficient (Wildman–Crippen LogP) is 3.62. The van der Waals surface area contributed by atoms with Gasteiger partial charge in [0.25, 0.3) is 0 Å². The summed E-state index contributed by atoms with van der Waals surface area (Å²) in [5.74, 6) is 0. The molecule has 2 heterocycles. The second-order valence-corrected chi connectivity index (χ2v) is 5.05. The van der Waals surface area contributed by atoms with Gasteiger partial charge >= 0.3 is 0 Å². The zero-order valence-electron chi connectivity index (χ0n) is 8.00. The molecule has 5 heteroatoms. The summed E-state index contributed by atoms with van der Waals surface area (Å²) >= 11 is 3.33. The van der Waals surface area contributed by atoms with E-state index in [1.54, 1.807) is 22.7 Å². The highest BCUT2D eigenvalue weighted by molar-refractivity contribution is 7.10. The quantitative estimate of drug-likeness (QED) is 0.850. The fraction of sp³-hybridized carbons (Fsp3) is 0.200. The predicted molar refractivity (Wildman–Crippen MR) is 66.9 cm³/mol. The summed E-state index contributed by atoms with van der Waals surface area (Å²) < 4.78 is 0. The standard InChI is InChI=1S/C10H11NOS2.ClH/c12-11(7-9-3-1-5-13-9)8-10-4-2-6-14-10;/h1-6,12H,7-8H2;1H. The molecule has 15 heavy (non-hydrogen) atoms. The van der Waals surface area contributed by atoms with Crippen molar-refractivity contribution in [3.63, 3.8) is 0 Å². The molecule has 0 saturated heterocycles.